The number of aliphatic carboxylic acids is 1. The Morgan fingerprint density at radius 1 is 0.615 bits per heavy atom. The summed E-state index contributed by atoms with van der Waals surface area (Å²) in [6.07, 6.45) is 19.9. The van der Waals surface area contributed by atoms with E-state index >= 15 is 0 Å². The van der Waals surface area contributed by atoms with Crippen molar-refractivity contribution in [3.63, 3.8) is 0 Å². The average Bonchev–Trinajstić information content (AvgIpc) is 2.50. The molecule has 0 fully saturated rings. The summed E-state index contributed by atoms with van der Waals surface area (Å²) in [5, 5.41) is 35.5. The third-order valence-corrected chi connectivity index (χ3v) is 3.98. The van der Waals surface area contributed by atoms with Crippen LogP contribution in [0.3, 0.4) is 0 Å². The van der Waals surface area contributed by atoms with Crippen molar-refractivity contribution >= 4 is 13.3 Å². The van der Waals surface area contributed by atoms with E-state index < -0.39 is 13.3 Å². The molecule has 26 heavy (non-hydrogen) atoms. The smallest absolute Gasteiger partial charge is 0.907 e. The number of rotatable bonds is 16. The molecule has 0 saturated heterocycles. The molecule has 0 bridgehead atoms. The Labute approximate surface area is 186 Å². The molecular formula is C18H35BO5Zn2. The molecule has 0 atom stereocenters. The normalized spacial score (nSPS) is 9.38. The maximum Gasteiger partial charge on any atom is 2.00 e. The van der Waals surface area contributed by atoms with Gasteiger partial charge in [-0.05, 0) is 12.8 Å². The zero-order valence-corrected chi connectivity index (χ0v) is 22.8. The predicted octanol–water partition coefficient (Wildman–Crippen LogP) is 1.05. The van der Waals surface area contributed by atoms with Gasteiger partial charge < -0.3 is 25.0 Å². The summed E-state index contributed by atoms with van der Waals surface area (Å²) in [4.78, 5) is 10.2. The zero-order chi connectivity index (χ0) is 18.5. The Bertz CT molecular complexity index is 257. The molecule has 5 nitrogen and oxygen atoms in total. The molecule has 0 heterocycles. The van der Waals surface area contributed by atoms with Gasteiger partial charge in [-0.1, -0.05) is 96.8 Å². The van der Waals surface area contributed by atoms with Crippen molar-refractivity contribution in [1.82, 2.24) is 0 Å². The molecule has 0 aliphatic carbocycles. The number of hydrogen-bond acceptors (Lipinski definition) is 5. The molecule has 0 aromatic heterocycles. The number of hydrogen-bond donors (Lipinski definition) is 0. The van der Waals surface area contributed by atoms with Crippen molar-refractivity contribution in [1.29, 1.82) is 0 Å². The van der Waals surface area contributed by atoms with Gasteiger partial charge in [0.15, 0.2) is 0 Å². The topological polar surface area (TPSA) is 109 Å². The molecule has 0 amide bonds. The summed E-state index contributed by atoms with van der Waals surface area (Å²) < 4.78 is 0. The van der Waals surface area contributed by atoms with Gasteiger partial charge >= 0.3 is 39.0 Å². The van der Waals surface area contributed by atoms with Gasteiger partial charge in [-0.3, -0.25) is 7.32 Å². The Hall–Kier alpha value is 0.662. The molecule has 0 rings (SSSR count). The van der Waals surface area contributed by atoms with Gasteiger partial charge in [0.1, 0.15) is 0 Å². The SMILES string of the molecule is CCCCCCCCCCCCCCCCCC(=O)[O-].[O-]B([O-])[O-].[Zn+2].[Zn+2]. The number of carbonyl (C=O) groups is 1. The molecule has 0 N–H and O–H groups in total. The van der Waals surface area contributed by atoms with E-state index in [9.17, 15) is 9.90 Å². The summed E-state index contributed by atoms with van der Waals surface area (Å²) in [7, 11) is -2.92. The Balaban J connectivity index is -0.000000363. The fraction of sp³-hybridized carbons (Fsp3) is 0.944. The third-order valence-electron chi connectivity index (χ3n) is 3.98. The van der Waals surface area contributed by atoms with E-state index in [1.165, 1.54) is 83.5 Å². The molecular weight excluding hydrogens is 438 g/mol. The summed E-state index contributed by atoms with van der Waals surface area (Å²) >= 11 is 0. The molecule has 0 aromatic rings. The van der Waals surface area contributed by atoms with Gasteiger partial charge in [0.25, 0.3) is 0 Å². The molecule has 0 unspecified atom stereocenters. The molecule has 8 heteroatoms. The largest absolute Gasteiger partial charge is 2.00 e. The minimum Gasteiger partial charge on any atom is -0.907 e. The maximum atomic E-state index is 10.2. The van der Waals surface area contributed by atoms with Crippen molar-refractivity contribution in [2.24, 2.45) is 0 Å². The second-order valence-electron chi connectivity index (χ2n) is 6.36. The fourth-order valence-electron chi connectivity index (χ4n) is 2.64. The van der Waals surface area contributed by atoms with Gasteiger partial charge in [-0.2, -0.15) is 0 Å². The molecule has 0 radical (unpaired) electrons. The standard InChI is InChI=1S/C18H36O2.BO3.2Zn/c1-2-3-4-5-6-7-8-9-10-11-12-13-14-15-16-17-18(19)20;2-1(3)4;;/h2-17H2,1H3,(H,19,20);;;/q;-3;2*+2/p-1. The van der Waals surface area contributed by atoms with E-state index in [1.54, 1.807) is 0 Å². The quantitative estimate of drug-likeness (QED) is 0.246. The summed E-state index contributed by atoms with van der Waals surface area (Å²) in [6, 6.07) is 0. The van der Waals surface area contributed by atoms with E-state index in [-0.39, 0.29) is 45.4 Å². The first kappa shape index (κ1) is 34.2. The molecule has 0 aliphatic heterocycles. The monoisotopic (exact) mass is 470 g/mol. The fourth-order valence-corrected chi connectivity index (χ4v) is 2.64. The maximum absolute atomic E-state index is 10.2. The van der Waals surface area contributed by atoms with Gasteiger partial charge in [0.2, 0.25) is 0 Å². The van der Waals surface area contributed by atoms with Crippen molar-refractivity contribution in [2.45, 2.75) is 110 Å². The van der Waals surface area contributed by atoms with Crippen molar-refractivity contribution < 1.29 is 63.9 Å². The van der Waals surface area contributed by atoms with E-state index in [0.29, 0.717) is 0 Å². The van der Waals surface area contributed by atoms with E-state index in [4.69, 9.17) is 15.1 Å². The Morgan fingerprint density at radius 3 is 1.08 bits per heavy atom. The van der Waals surface area contributed by atoms with E-state index in [1.807, 2.05) is 0 Å². The van der Waals surface area contributed by atoms with Crippen LogP contribution in [0.25, 0.3) is 0 Å². The summed E-state index contributed by atoms with van der Waals surface area (Å²) in [5.41, 5.74) is 0. The van der Waals surface area contributed by atoms with Crippen molar-refractivity contribution in [3.8, 4) is 0 Å². The number of carbonyl (C=O) groups excluding carboxylic acids is 1. The first-order chi connectivity index (χ1) is 11.5. The second-order valence-corrected chi connectivity index (χ2v) is 6.36. The number of carboxylic acid groups (broad SMARTS) is 1. The predicted molar refractivity (Wildman–Crippen MR) is 90.3 cm³/mol. The summed E-state index contributed by atoms with van der Waals surface area (Å²) in [5.74, 6) is -0.903. The Kier molecular flexibility index (Phi) is 40.0. The van der Waals surface area contributed by atoms with Gasteiger partial charge in [-0.15, -0.1) is 0 Å². The summed E-state index contributed by atoms with van der Waals surface area (Å²) in [6.45, 7) is 2.27. The van der Waals surface area contributed by atoms with Gasteiger partial charge in [0.05, 0.1) is 0 Å². The molecule has 0 aliphatic rings. The van der Waals surface area contributed by atoms with Gasteiger partial charge in [-0.25, -0.2) is 0 Å². The zero-order valence-electron chi connectivity index (χ0n) is 16.8. The number of carboxylic acids is 1. The van der Waals surface area contributed by atoms with Crippen LogP contribution in [0, 0.1) is 0 Å². The van der Waals surface area contributed by atoms with Gasteiger partial charge in [0, 0.05) is 5.97 Å². The van der Waals surface area contributed by atoms with Crippen LogP contribution in [-0.4, -0.2) is 13.3 Å². The van der Waals surface area contributed by atoms with Crippen LogP contribution >= 0.6 is 0 Å². The Morgan fingerprint density at radius 2 is 0.846 bits per heavy atom. The average molecular weight is 473 g/mol. The minimum absolute atomic E-state index is 0. The van der Waals surface area contributed by atoms with Crippen LogP contribution in [0.15, 0.2) is 0 Å². The van der Waals surface area contributed by atoms with Crippen LogP contribution < -0.4 is 20.2 Å². The van der Waals surface area contributed by atoms with Crippen LogP contribution in [0.4, 0.5) is 0 Å². The van der Waals surface area contributed by atoms with Crippen molar-refractivity contribution in [3.05, 3.63) is 0 Å². The van der Waals surface area contributed by atoms with Crippen LogP contribution in [0.5, 0.6) is 0 Å². The third kappa shape index (κ3) is 44.3. The van der Waals surface area contributed by atoms with Crippen LogP contribution in [0.1, 0.15) is 110 Å². The van der Waals surface area contributed by atoms with E-state index in [0.717, 1.165) is 12.8 Å². The second kappa shape index (κ2) is 30.4. The number of unbranched alkanes of at least 4 members (excludes halogenated alkanes) is 14. The molecule has 0 saturated carbocycles. The molecule has 0 spiro atoms. The molecule has 0 aromatic carbocycles. The van der Waals surface area contributed by atoms with Crippen LogP contribution in [-0.2, 0) is 43.8 Å². The first-order valence-corrected chi connectivity index (χ1v) is 9.68. The molecule has 144 valence electrons. The van der Waals surface area contributed by atoms with Crippen LogP contribution in [0.2, 0.25) is 0 Å². The van der Waals surface area contributed by atoms with E-state index in [2.05, 4.69) is 6.92 Å². The minimum atomic E-state index is -2.92. The first-order valence-electron chi connectivity index (χ1n) is 9.68. The van der Waals surface area contributed by atoms with Crippen molar-refractivity contribution in [2.75, 3.05) is 0 Å².